The third kappa shape index (κ3) is 1.09. The molecule has 1 rings (SSSR count). The molecule has 0 saturated heterocycles. The number of hydrogen-bond acceptors (Lipinski definition) is 1. The van der Waals surface area contributed by atoms with Gasteiger partial charge in [-0.05, 0) is 13.0 Å². The number of diazo groups is 1. The highest BCUT2D eigenvalue weighted by molar-refractivity contribution is 6.31. The molecule has 0 heterocycles. The van der Waals surface area contributed by atoms with Crippen molar-refractivity contribution in [3.8, 4) is 0 Å². The van der Waals surface area contributed by atoms with Crippen LogP contribution in [0.2, 0.25) is 5.02 Å². The first-order chi connectivity index (χ1) is 4.75. The molecule has 50 valence electrons. The van der Waals surface area contributed by atoms with Crippen molar-refractivity contribution in [2.75, 3.05) is 0 Å². The van der Waals surface area contributed by atoms with Crippen molar-refractivity contribution in [1.29, 1.82) is 5.39 Å². The summed E-state index contributed by atoms with van der Waals surface area (Å²) in [5.74, 6) is 0. The predicted octanol–water partition coefficient (Wildman–Crippen LogP) is 3.13. The minimum atomic E-state index is 0.521. The van der Waals surface area contributed by atoms with Crippen LogP contribution < -0.4 is 0 Å². The summed E-state index contributed by atoms with van der Waals surface area (Å²) in [6.45, 7) is 1.80. The fourth-order valence-corrected chi connectivity index (χ4v) is 0.874. The lowest BCUT2D eigenvalue weighted by molar-refractivity contribution is 1.41. The number of halogens is 1. The lowest BCUT2D eigenvalue weighted by atomic mass is 10.2. The maximum Gasteiger partial charge on any atom is 0.389 e. The van der Waals surface area contributed by atoms with Gasteiger partial charge in [-0.15, -0.1) is 0 Å². The van der Waals surface area contributed by atoms with Crippen LogP contribution in [0.5, 0.6) is 0 Å². The Hall–Kier alpha value is -1.07. The smallest absolute Gasteiger partial charge is 0.0837 e. The summed E-state index contributed by atoms with van der Waals surface area (Å²) in [5, 5.41) is 9.03. The van der Waals surface area contributed by atoms with E-state index in [9.17, 15) is 0 Å². The van der Waals surface area contributed by atoms with Gasteiger partial charge in [0.1, 0.15) is 0 Å². The number of hydrogen-bond donors (Lipinski definition) is 0. The molecular weight excluding hydrogens is 148 g/mol. The Kier molecular flexibility index (Phi) is 1.88. The van der Waals surface area contributed by atoms with Gasteiger partial charge >= 0.3 is 5.69 Å². The van der Waals surface area contributed by atoms with E-state index in [4.69, 9.17) is 17.0 Å². The Balaban J connectivity index is 3.31. The molecule has 0 unspecified atom stereocenters. The molecule has 0 aliphatic heterocycles. The summed E-state index contributed by atoms with van der Waals surface area (Å²) in [4.78, 5) is 3.05. The Bertz CT molecular complexity index is 288. The molecule has 10 heavy (non-hydrogen) atoms. The molecule has 0 atom stereocenters. The largest absolute Gasteiger partial charge is 0.389 e. The van der Waals surface area contributed by atoms with Crippen LogP contribution in [0.1, 0.15) is 5.56 Å². The first kappa shape index (κ1) is 7.04. The molecule has 0 bridgehead atoms. The average Bonchev–Trinajstić information content (AvgIpc) is 1.95. The second-order valence-corrected chi connectivity index (χ2v) is 2.39. The van der Waals surface area contributed by atoms with E-state index >= 15 is 0 Å². The standard InChI is InChI=1S/C7H6ClN2/c1-5-6(8)3-2-4-7(5)10-9/h2-4H,1H3/q+1. The van der Waals surface area contributed by atoms with Crippen LogP contribution in [-0.2, 0) is 0 Å². The van der Waals surface area contributed by atoms with Gasteiger partial charge in [-0.1, -0.05) is 17.7 Å². The van der Waals surface area contributed by atoms with Gasteiger partial charge < -0.3 is 0 Å². The first-order valence-electron chi connectivity index (χ1n) is 2.86. The molecule has 2 nitrogen and oxygen atoms in total. The Morgan fingerprint density at radius 1 is 1.50 bits per heavy atom. The summed E-state index contributed by atoms with van der Waals surface area (Å²) in [6.07, 6.45) is 0. The molecule has 0 fully saturated rings. The fraction of sp³-hybridized carbons (Fsp3) is 0.143. The first-order valence-corrected chi connectivity index (χ1v) is 3.23. The summed E-state index contributed by atoms with van der Waals surface area (Å²) in [5.41, 5.74) is 1.32. The Morgan fingerprint density at radius 2 is 2.20 bits per heavy atom. The van der Waals surface area contributed by atoms with Crippen LogP contribution in [0.15, 0.2) is 18.2 Å². The van der Waals surface area contributed by atoms with Gasteiger partial charge in [0.15, 0.2) is 4.98 Å². The molecule has 1 aromatic carbocycles. The van der Waals surface area contributed by atoms with Crippen LogP contribution in [0.25, 0.3) is 4.98 Å². The van der Waals surface area contributed by atoms with Crippen molar-refractivity contribution in [2.45, 2.75) is 6.92 Å². The number of benzene rings is 1. The molecule has 0 aromatic heterocycles. The third-order valence-corrected chi connectivity index (χ3v) is 1.76. The summed E-state index contributed by atoms with van der Waals surface area (Å²) in [6, 6.07) is 5.19. The topological polar surface area (TPSA) is 28.1 Å². The molecule has 0 aliphatic carbocycles. The maximum atomic E-state index is 8.41. The van der Waals surface area contributed by atoms with E-state index < -0.39 is 0 Å². The van der Waals surface area contributed by atoms with E-state index in [-0.39, 0.29) is 0 Å². The van der Waals surface area contributed by atoms with E-state index in [1.165, 1.54) is 0 Å². The number of rotatable bonds is 0. The van der Waals surface area contributed by atoms with Gasteiger partial charge in [-0.2, -0.15) is 0 Å². The van der Waals surface area contributed by atoms with Gasteiger partial charge in [0.25, 0.3) is 0 Å². The van der Waals surface area contributed by atoms with Crippen LogP contribution in [0.3, 0.4) is 0 Å². The summed E-state index contributed by atoms with van der Waals surface area (Å²) in [7, 11) is 0. The number of nitrogens with zero attached hydrogens (tertiary/aromatic N) is 2. The third-order valence-electron chi connectivity index (χ3n) is 1.35. The minimum absolute atomic E-state index is 0.521. The van der Waals surface area contributed by atoms with Crippen LogP contribution in [0, 0.1) is 12.3 Å². The molecule has 0 N–H and O–H groups in total. The minimum Gasteiger partial charge on any atom is -0.0837 e. The van der Waals surface area contributed by atoms with Crippen LogP contribution in [-0.4, -0.2) is 0 Å². The van der Waals surface area contributed by atoms with Crippen molar-refractivity contribution in [3.63, 3.8) is 0 Å². The van der Waals surface area contributed by atoms with Crippen molar-refractivity contribution in [2.24, 2.45) is 0 Å². The maximum absolute atomic E-state index is 8.41. The normalized spacial score (nSPS) is 8.90. The van der Waals surface area contributed by atoms with Crippen molar-refractivity contribution >= 4 is 17.3 Å². The van der Waals surface area contributed by atoms with Gasteiger partial charge in [-0.25, -0.2) is 0 Å². The second-order valence-electron chi connectivity index (χ2n) is 1.98. The molecule has 0 amide bonds. The zero-order chi connectivity index (χ0) is 7.56. The average molecular weight is 154 g/mol. The van der Waals surface area contributed by atoms with Crippen molar-refractivity contribution in [3.05, 3.63) is 33.8 Å². The Labute approximate surface area is 64.1 Å². The van der Waals surface area contributed by atoms with E-state index in [2.05, 4.69) is 4.98 Å². The molecular formula is C7H6ClN2+. The molecule has 1 aromatic rings. The van der Waals surface area contributed by atoms with Crippen LogP contribution >= 0.6 is 11.6 Å². The predicted molar refractivity (Wildman–Crippen MR) is 40.9 cm³/mol. The van der Waals surface area contributed by atoms with Crippen molar-refractivity contribution < 1.29 is 0 Å². The SMILES string of the molecule is Cc1c(Cl)cccc1[N+]#N. The fourth-order valence-electron chi connectivity index (χ4n) is 0.704. The molecule has 3 heteroatoms. The molecule has 0 radical (unpaired) electrons. The Morgan fingerprint density at radius 3 is 2.70 bits per heavy atom. The van der Waals surface area contributed by atoms with Gasteiger partial charge in [-0.3, -0.25) is 0 Å². The monoisotopic (exact) mass is 153 g/mol. The second kappa shape index (κ2) is 2.68. The summed E-state index contributed by atoms with van der Waals surface area (Å²) < 4.78 is 0. The van der Waals surface area contributed by atoms with E-state index in [1.807, 2.05) is 0 Å². The zero-order valence-electron chi connectivity index (χ0n) is 5.50. The van der Waals surface area contributed by atoms with Gasteiger partial charge in [0, 0.05) is 6.07 Å². The molecule has 0 aliphatic rings. The zero-order valence-corrected chi connectivity index (χ0v) is 6.26. The lowest BCUT2D eigenvalue weighted by Gasteiger charge is -1.88. The quantitative estimate of drug-likeness (QED) is 0.527. The van der Waals surface area contributed by atoms with Crippen LogP contribution in [0.4, 0.5) is 5.69 Å². The highest BCUT2D eigenvalue weighted by Gasteiger charge is 2.10. The molecule has 0 spiro atoms. The van der Waals surface area contributed by atoms with E-state index in [1.54, 1.807) is 25.1 Å². The van der Waals surface area contributed by atoms with Gasteiger partial charge in [0.2, 0.25) is 5.39 Å². The summed E-state index contributed by atoms with van der Waals surface area (Å²) >= 11 is 5.72. The lowest BCUT2D eigenvalue weighted by Crippen LogP contribution is -1.72. The van der Waals surface area contributed by atoms with E-state index in [0.717, 1.165) is 5.56 Å². The van der Waals surface area contributed by atoms with E-state index in [0.29, 0.717) is 10.7 Å². The highest BCUT2D eigenvalue weighted by atomic mass is 35.5. The highest BCUT2D eigenvalue weighted by Crippen LogP contribution is 2.24. The van der Waals surface area contributed by atoms with Gasteiger partial charge in [0.05, 0.1) is 10.6 Å². The van der Waals surface area contributed by atoms with Crippen molar-refractivity contribution in [1.82, 2.24) is 0 Å². The molecule has 0 saturated carbocycles.